The maximum atomic E-state index is 13.9. The van der Waals surface area contributed by atoms with Gasteiger partial charge in [-0.2, -0.15) is 13.2 Å². The van der Waals surface area contributed by atoms with Gasteiger partial charge in [-0.15, -0.1) is 0 Å². The number of aryl methyl sites for hydroxylation is 1. The summed E-state index contributed by atoms with van der Waals surface area (Å²) in [6.45, 7) is 2.86. The van der Waals surface area contributed by atoms with E-state index < -0.39 is 41.4 Å². The molecule has 1 saturated heterocycles. The Morgan fingerprint density at radius 3 is 2.62 bits per heavy atom. The van der Waals surface area contributed by atoms with Gasteiger partial charge >= 0.3 is 6.18 Å². The highest BCUT2D eigenvalue weighted by Gasteiger charge is 2.32. The van der Waals surface area contributed by atoms with Crippen molar-refractivity contribution in [2.45, 2.75) is 36.9 Å². The van der Waals surface area contributed by atoms with Gasteiger partial charge in [-0.25, -0.2) is 4.39 Å². The molecule has 1 unspecified atom stereocenters. The van der Waals surface area contributed by atoms with Crippen molar-refractivity contribution >= 4 is 40.9 Å². The van der Waals surface area contributed by atoms with Crippen molar-refractivity contribution in [2.75, 3.05) is 25.1 Å². The van der Waals surface area contributed by atoms with E-state index >= 15 is 0 Å². The van der Waals surface area contributed by atoms with E-state index in [-0.39, 0.29) is 22.4 Å². The van der Waals surface area contributed by atoms with E-state index in [4.69, 9.17) is 21.1 Å². The summed E-state index contributed by atoms with van der Waals surface area (Å²) in [7, 11) is 0. The summed E-state index contributed by atoms with van der Waals surface area (Å²) in [4.78, 5) is 26.6. The van der Waals surface area contributed by atoms with E-state index in [2.05, 4.69) is 10.0 Å². The van der Waals surface area contributed by atoms with E-state index in [0.717, 1.165) is 36.5 Å². The fourth-order valence-electron chi connectivity index (χ4n) is 4.04. The molecule has 40 heavy (non-hydrogen) atoms. The van der Waals surface area contributed by atoms with Crippen molar-refractivity contribution in [2.24, 2.45) is 0 Å². The lowest BCUT2D eigenvalue weighted by Gasteiger charge is -2.14. The Hall–Kier alpha value is -3.12. The van der Waals surface area contributed by atoms with Crippen molar-refractivity contribution in [1.29, 1.82) is 0 Å². The topological polar surface area (TPSA) is 76.7 Å². The van der Waals surface area contributed by atoms with Gasteiger partial charge in [0.25, 0.3) is 5.91 Å². The van der Waals surface area contributed by atoms with Crippen molar-refractivity contribution in [3.63, 3.8) is 0 Å². The SMILES string of the molecule is Cc1cc(SNCC2CCCO2)ccc1NC(=O)COc1ccc(Cl)cc1C(=O)c1cc(F)cc(C(F)(F)F)c1. The van der Waals surface area contributed by atoms with Crippen LogP contribution in [0, 0.1) is 12.7 Å². The minimum Gasteiger partial charge on any atom is -0.483 e. The van der Waals surface area contributed by atoms with Gasteiger partial charge < -0.3 is 14.8 Å². The molecule has 3 aromatic carbocycles. The summed E-state index contributed by atoms with van der Waals surface area (Å²) in [6.07, 6.45) is -2.53. The number of ether oxygens (including phenoxy) is 2. The highest BCUT2D eigenvalue weighted by molar-refractivity contribution is 7.97. The number of anilines is 1. The van der Waals surface area contributed by atoms with Crippen molar-refractivity contribution in [3.8, 4) is 5.75 Å². The third-order valence-corrected chi connectivity index (χ3v) is 7.07. The number of hydrogen-bond acceptors (Lipinski definition) is 6. The van der Waals surface area contributed by atoms with Crippen molar-refractivity contribution in [3.05, 3.63) is 87.7 Å². The van der Waals surface area contributed by atoms with E-state index in [1.807, 2.05) is 19.1 Å². The Morgan fingerprint density at radius 1 is 1.12 bits per heavy atom. The van der Waals surface area contributed by atoms with Crippen LogP contribution >= 0.6 is 23.5 Å². The first-order chi connectivity index (χ1) is 19.0. The number of halogens is 5. The molecule has 12 heteroatoms. The van der Waals surface area contributed by atoms with Crippen LogP contribution in [0.15, 0.2) is 59.5 Å². The normalized spacial score (nSPS) is 15.2. The number of nitrogens with one attached hydrogen (secondary N) is 2. The number of alkyl halides is 3. The molecule has 0 bridgehead atoms. The molecule has 0 aromatic heterocycles. The first-order valence-electron chi connectivity index (χ1n) is 12.3. The summed E-state index contributed by atoms with van der Waals surface area (Å²) in [5.41, 5.74) is -0.692. The smallest absolute Gasteiger partial charge is 0.416 e. The minimum absolute atomic E-state index is 0.0943. The molecule has 212 valence electrons. The first-order valence-corrected chi connectivity index (χ1v) is 13.5. The van der Waals surface area contributed by atoms with Gasteiger partial charge in [0.05, 0.1) is 17.2 Å². The molecule has 0 aliphatic carbocycles. The second kappa shape index (κ2) is 13.0. The average Bonchev–Trinajstić information content (AvgIpc) is 3.42. The standard InChI is InChI=1S/C28H25ClF4N2O4S/c1-16-9-22(40-34-14-21-3-2-8-38-21)5-6-24(16)35-26(36)15-39-25-7-4-19(29)13-23(25)27(37)17-10-18(28(31,32)33)12-20(30)11-17/h4-7,9-13,21,34H,2-3,8,14-15H2,1H3,(H,35,36). The molecule has 0 spiro atoms. The Balaban J connectivity index is 1.39. The van der Waals surface area contributed by atoms with Crippen molar-refractivity contribution in [1.82, 2.24) is 4.72 Å². The predicted octanol–water partition coefficient (Wildman–Crippen LogP) is 6.83. The molecule has 1 amide bonds. The van der Waals surface area contributed by atoms with Crippen molar-refractivity contribution < 1.29 is 36.6 Å². The number of benzene rings is 3. The summed E-state index contributed by atoms with van der Waals surface area (Å²) in [5, 5.41) is 2.84. The summed E-state index contributed by atoms with van der Waals surface area (Å²) < 4.78 is 67.7. The van der Waals surface area contributed by atoms with E-state index in [1.165, 1.54) is 30.1 Å². The average molecular weight is 597 g/mol. The summed E-state index contributed by atoms with van der Waals surface area (Å²) in [5.74, 6) is -2.79. The Bertz CT molecular complexity index is 1400. The second-order valence-electron chi connectivity index (χ2n) is 9.10. The molecule has 1 heterocycles. The zero-order chi connectivity index (χ0) is 28.9. The highest BCUT2D eigenvalue weighted by Crippen LogP contribution is 2.32. The van der Waals surface area contributed by atoms with Gasteiger partial charge in [-0.05, 0) is 91.9 Å². The maximum Gasteiger partial charge on any atom is 0.416 e. The highest BCUT2D eigenvalue weighted by atomic mass is 35.5. The van der Waals surface area contributed by atoms with E-state index in [9.17, 15) is 27.2 Å². The number of amides is 1. The molecule has 0 radical (unpaired) electrons. The van der Waals surface area contributed by atoms with Crippen LogP contribution in [0.1, 0.15) is 39.9 Å². The van der Waals surface area contributed by atoms with Gasteiger partial charge in [0.1, 0.15) is 11.6 Å². The lowest BCUT2D eigenvalue weighted by Crippen LogP contribution is -2.22. The second-order valence-corrected chi connectivity index (χ2v) is 10.5. The zero-order valence-corrected chi connectivity index (χ0v) is 22.8. The molecule has 1 atom stereocenters. The van der Waals surface area contributed by atoms with Gasteiger partial charge in [0.15, 0.2) is 12.4 Å². The number of rotatable bonds is 10. The van der Waals surface area contributed by atoms with Crippen LogP contribution < -0.4 is 14.8 Å². The molecule has 6 nitrogen and oxygen atoms in total. The molecule has 0 saturated carbocycles. The lowest BCUT2D eigenvalue weighted by atomic mass is 10.00. The molecular formula is C28H25ClF4N2O4S. The van der Waals surface area contributed by atoms with Gasteiger partial charge in [-0.1, -0.05) is 11.6 Å². The lowest BCUT2D eigenvalue weighted by molar-refractivity contribution is -0.137. The van der Waals surface area contributed by atoms with Gasteiger partial charge in [0.2, 0.25) is 0 Å². The van der Waals surface area contributed by atoms with Crippen LogP contribution in [-0.2, 0) is 15.7 Å². The molecular weight excluding hydrogens is 572 g/mol. The number of ketones is 1. The first kappa shape index (κ1) is 29.9. The van der Waals surface area contributed by atoms with E-state index in [1.54, 1.807) is 6.07 Å². The molecule has 4 rings (SSSR count). The van der Waals surface area contributed by atoms with Gasteiger partial charge in [0, 0.05) is 34.3 Å². The van der Waals surface area contributed by atoms with Crippen LogP contribution in [0.3, 0.4) is 0 Å². The zero-order valence-electron chi connectivity index (χ0n) is 21.2. The van der Waals surface area contributed by atoms with Crippen LogP contribution in [0.25, 0.3) is 0 Å². The Labute approximate surface area is 237 Å². The fourth-order valence-corrected chi connectivity index (χ4v) is 5.02. The maximum absolute atomic E-state index is 13.9. The quantitative estimate of drug-likeness (QED) is 0.152. The largest absolute Gasteiger partial charge is 0.483 e. The van der Waals surface area contributed by atoms with Crippen LogP contribution in [0.4, 0.5) is 23.2 Å². The minimum atomic E-state index is -4.85. The molecule has 1 aliphatic rings. The summed E-state index contributed by atoms with van der Waals surface area (Å²) in [6, 6.07) is 10.9. The van der Waals surface area contributed by atoms with Gasteiger partial charge in [-0.3, -0.25) is 14.3 Å². The number of carbonyl (C=O) groups excluding carboxylic acids is 2. The van der Waals surface area contributed by atoms with Crippen LogP contribution in [0.2, 0.25) is 5.02 Å². The fraction of sp³-hybridized carbons (Fsp3) is 0.286. The Morgan fingerprint density at radius 2 is 1.93 bits per heavy atom. The monoisotopic (exact) mass is 596 g/mol. The molecule has 1 fully saturated rings. The number of carbonyl (C=O) groups is 2. The van der Waals surface area contributed by atoms with E-state index in [0.29, 0.717) is 23.9 Å². The third-order valence-electron chi connectivity index (χ3n) is 6.03. The summed E-state index contributed by atoms with van der Waals surface area (Å²) >= 11 is 7.46. The van der Waals surface area contributed by atoms with Crippen LogP contribution in [-0.4, -0.2) is 37.6 Å². The van der Waals surface area contributed by atoms with Crippen LogP contribution in [0.5, 0.6) is 5.75 Å². The Kier molecular flexibility index (Phi) is 9.72. The number of hydrogen-bond donors (Lipinski definition) is 2. The third kappa shape index (κ3) is 7.97. The molecule has 3 aromatic rings. The molecule has 1 aliphatic heterocycles. The molecule has 2 N–H and O–H groups in total. The predicted molar refractivity (Wildman–Crippen MR) is 144 cm³/mol.